The van der Waals surface area contributed by atoms with Crippen molar-refractivity contribution >= 4 is 11.6 Å². The Morgan fingerprint density at radius 3 is 2.58 bits per heavy atom. The lowest BCUT2D eigenvalue weighted by Crippen LogP contribution is -2.37. The Hall–Kier alpha value is -2.87. The first-order chi connectivity index (χ1) is 11.4. The van der Waals surface area contributed by atoms with Crippen LogP contribution in [0, 0.1) is 30.0 Å². The van der Waals surface area contributed by atoms with Gasteiger partial charge in [0, 0.05) is 5.69 Å². The van der Waals surface area contributed by atoms with Gasteiger partial charge in [0.2, 0.25) is 0 Å². The lowest BCUT2D eigenvalue weighted by atomic mass is 10.1. The average molecular weight is 326 g/mol. The summed E-state index contributed by atoms with van der Waals surface area (Å²) in [4.78, 5) is 12.5. The van der Waals surface area contributed by atoms with Crippen LogP contribution in [0.1, 0.15) is 25.0 Å². The highest BCUT2D eigenvalue weighted by Gasteiger charge is 2.25. The third kappa shape index (κ3) is 4.11. The molecule has 0 saturated heterocycles. The summed E-state index contributed by atoms with van der Waals surface area (Å²) in [5.74, 6) is -0.554. The maximum atomic E-state index is 13.6. The molecular weight excluding hydrogens is 307 g/mol. The Morgan fingerprint density at radius 1 is 1.25 bits per heavy atom. The standard InChI is InChI=1S/C19H19FN2O2/c1-12(2)18(24-17-7-5-4-6-14(17)11-21)19(23)22-15-9-8-13(3)16(20)10-15/h4-10,12,18H,1-3H3,(H,22,23). The number of hydrogen-bond acceptors (Lipinski definition) is 3. The van der Waals surface area contributed by atoms with Crippen molar-refractivity contribution in [3.63, 3.8) is 0 Å². The molecule has 0 aliphatic rings. The van der Waals surface area contributed by atoms with E-state index < -0.39 is 6.10 Å². The van der Waals surface area contributed by atoms with E-state index in [1.165, 1.54) is 6.07 Å². The molecule has 0 bridgehead atoms. The van der Waals surface area contributed by atoms with Gasteiger partial charge in [-0.25, -0.2) is 4.39 Å². The van der Waals surface area contributed by atoms with Gasteiger partial charge in [0.25, 0.3) is 5.91 Å². The number of halogens is 1. The highest BCUT2D eigenvalue weighted by molar-refractivity contribution is 5.94. The number of amides is 1. The number of ether oxygens (including phenoxy) is 1. The molecule has 4 nitrogen and oxygen atoms in total. The zero-order valence-electron chi connectivity index (χ0n) is 13.8. The van der Waals surface area contributed by atoms with Gasteiger partial charge < -0.3 is 10.1 Å². The summed E-state index contributed by atoms with van der Waals surface area (Å²) in [5.41, 5.74) is 1.23. The lowest BCUT2D eigenvalue weighted by Gasteiger charge is -2.22. The van der Waals surface area contributed by atoms with E-state index in [1.807, 2.05) is 19.9 Å². The Labute approximate surface area is 140 Å². The van der Waals surface area contributed by atoms with Gasteiger partial charge in [0.1, 0.15) is 17.6 Å². The van der Waals surface area contributed by atoms with Crippen LogP contribution in [0.5, 0.6) is 5.75 Å². The van der Waals surface area contributed by atoms with E-state index in [-0.39, 0.29) is 17.6 Å². The molecule has 0 radical (unpaired) electrons. The monoisotopic (exact) mass is 326 g/mol. The quantitative estimate of drug-likeness (QED) is 0.901. The molecule has 24 heavy (non-hydrogen) atoms. The summed E-state index contributed by atoms with van der Waals surface area (Å²) in [5, 5.41) is 11.8. The maximum absolute atomic E-state index is 13.6. The maximum Gasteiger partial charge on any atom is 0.265 e. The zero-order chi connectivity index (χ0) is 17.7. The number of rotatable bonds is 5. The zero-order valence-corrected chi connectivity index (χ0v) is 13.8. The third-order valence-corrected chi connectivity index (χ3v) is 3.56. The molecule has 1 N–H and O–H groups in total. The van der Waals surface area contributed by atoms with Gasteiger partial charge in [-0.15, -0.1) is 0 Å². The average Bonchev–Trinajstić information content (AvgIpc) is 2.56. The van der Waals surface area contributed by atoms with Crippen LogP contribution < -0.4 is 10.1 Å². The minimum absolute atomic E-state index is 0.132. The Kier molecular flexibility index (Phi) is 5.54. The number of para-hydroxylation sites is 1. The molecule has 0 aliphatic heterocycles. The molecule has 0 saturated carbocycles. The molecule has 1 unspecified atom stereocenters. The number of hydrogen-bond donors (Lipinski definition) is 1. The third-order valence-electron chi connectivity index (χ3n) is 3.56. The van der Waals surface area contributed by atoms with Crippen LogP contribution in [-0.4, -0.2) is 12.0 Å². The number of nitriles is 1. The van der Waals surface area contributed by atoms with Crippen molar-refractivity contribution < 1.29 is 13.9 Å². The Morgan fingerprint density at radius 2 is 1.96 bits per heavy atom. The molecule has 0 aromatic heterocycles. The second-order valence-corrected chi connectivity index (χ2v) is 5.84. The SMILES string of the molecule is Cc1ccc(NC(=O)C(Oc2ccccc2C#N)C(C)C)cc1F. The van der Waals surface area contributed by atoms with Gasteiger partial charge in [0.15, 0.2) is 6.10 Å². The van der Waals surface area contributed by atoms with E-state index in [2.05, 4.69) is 5.32 Å². The van der Waals surface area contributed by atoms with E-state index in [1.54, 1.807) is 43.3 Å². The van der Waals surface area contributed by atoms with Crippen LogP contribution in [0.3, 0.4) is 0 Å². The largest absolute Gasteiger partial charge is 0.479 e. The van der Waals surface area contributed by atoms with Crippen molar-refractivity contribution in [1.29, 1.82) is 5.26 Å². The van der Waals surface area contributed by atoms with Crippen molar-refractivity contribution in [1.82, 2.24) is 0 Å². The lowest BCUT2D eigenvalue weighted by molar-refractivity contribution is -0.124. The number of nitrogens with one attached hydrogen (secondary N) is 1. The molecule has 2 aromatic rings. The van der Waals surface area contributed by atoms with E-state index in [9.17, 15) is 9.18 Å². The highest BCUT2D eigenvalue weighted by Crippen LogP contribution is 2.22. The minimum atomic E-state index is -0.802. The summed E-state index contributed by atoms with van der Waals surface area (Å²) in [6, 6.07) is 13.3. The number of benzene rings is 2. The first-order valence-electron chi connectivity index (χ1n) is 7.65. The van der Waals surface area contributed by atoms with E-state index in [0.29, 0.717) is 22.6 Å². The molecule has 0 aliphatic carbocycles. The summed E-state index contributed by atoms with van der Waals surface area (Å²) >= 11 is 0. The Balaban J connectivity index is 2.19. The van der Waals surface area contributed by atoms with Crippen LogP contribution >= 0.6 is 0 Å². The second kappa shape index (κ2) is 7.60. The number of aryl methyl sites for hydroxylation is 1. The van der Waals surface area contributed by atoms with Crippen LogP contribution in [0.25, 0.3) is 0 Å². The molecule has 0 spiro atoms. The van der Waals surface area contributed by atoms with Gasteiger partial charge >= 0.3 is 0 Å². The van der Waals surface area contributed by atoms with Crippen LogP contribution in [0.15, 0.2) is 42.5 Å². The van der Waals surface area contributed by atoms with Crippen molar-refractivity contribution in [2.24, 2.45) is 5.92 Å². The van der Waals surface area contributed by atoms with Crippen molar-refractivity contribution in [2.75, 3.05) is 5.32 Å². The van der Waals surface area contributed by atoms with E-state index in [4.69, 9.17) is 10.00 Å². The second-order valence-electron chi connectivity index (χ2n) is 5.84. The number of nitrogens with zero attached hydrogens (tertiary/aromatic N) is 1. The van der Waals surface area contributed by atoms with Gasteiger partial charge in [-0.3, -0.25) is 4.79 Å². The van der Waals surface area contributed by atoms with Crippen molar-refractivity contribution in [2.45, 2.75) is 26.9 Å². The van der Waals surface area contributed by atoms with Crippen LogP contribution in [0.4, 0.5) is 10.1 Å². The fourth-order valence-corrected chi connectivity index (χ4v) is 2.17. The minimum Gasteiger partial charge on any atom is -0.479 e. The summed E-state index contributed by atoms with van der Waals surface area (Å²) in [6.45, 7) is 5.34. The Bertz CT molecular complexity index is 781. The van der Waals surface area contributed by atoms with Crippen molar-refractivity contribution in [3.8, 4) is 11.8 Å². The van der Waals surface area contributed by atoms with E-state index >= 15 is 0 Å². The molecule has 124 valence electrons. The summed E-state index contributed by atoms with van der Waals surface area (Å²) < 4.78 is 19.4. The fraction of sp³-hybridized carbons (Fsp3) is 0.263. The fourth-order valence-electron chi connectivity index (χ4n) is 2.17. The number of carbonyl (C=O) groups excluding carboxylic acids is 1. The number of anilines is 1. The highest BCUT2D eigenvalue weighted by atomic mass is 19.1. The number of carbonyl (C=O) groups is 1. The van der Waals surface area contributed by atoms with Crippen LogP contribution in [-0.2, 0) is 4.79 Å². The van der Waals surface area contributed by atoms with Gasteiger partial charge in [0.05, 0.1) is 5.56 Å². The molecule has 1 amide bonds. The van der Waals surface area contributed by atoms with Gasteiger partial charge in [-0.1, -0.05) is 32.0 Å². The topological polar surface area (TPSA) is 62.1 Å². The first kappa shape index (κ1) is 17.5. The van der Waals surface area contributed by atoms with Crippen LogP contribution in [0.2, 0.25) is 0 Å². The molecule has 0 heterocycles. The van der Waals surface area contributed by atoms with Gasteiger partial charge in [-0.05, 0) is 42.7 Å². The molecular formula is C19H19FN2O2. The molecule has 2 rings (SSSR count). The van der Waals surface area contributed by atoms with Crippen molar-refractivity contribution in [3.05, 3.63) is 59.4 Å². The molecule has 5 heteroatoms. The van der Waals surface area contributed by atoms with Gasteiger partial charge in [-0.2, -0.15) is 5.26 Å². The first-order valence-corrected chi connectivity index (χ1v) is 7.65. The molecule has 2 aromatic carbocycles. The molecule has 0 fully saturated rings. The predicted molar refractivity (Wildman–Crippen MR) is 90.2 cm³/mol. The smallest absolute Gasteiger partial charge is 0.265 e. The normalized spacial score (nSPS) is 11.7. The van der Waals surface area contributed by atoms with E-state index in [0.717, 1.165) is 0 Å². The molecule has 1 atom stereocenters. The summed E-state index contributed by atoms with van der Waals surface area (Å²) in [7, 11) is 0. The summed E-state index contributed by atoms with van der Waals surface area (Å²) in [6.07, 6.45) is -0.802. The predicted octanol–water partition coefficient (Wildman–Crippen LogP) is 4.05.